The van der Waals surface area contributed by atoms with Gasteiger partial charge in [-0.2, -0.15) is 0 Å². The fourth-order valence-corrected chi connectivity index (χ4v) is 2.37. The summed E-state index contributed by atoms with van der Waals surface area (Å²) >= 11 is 0. The Bertz CT molecular complexity index is 505. The predicted octanol–water partition coefficient (Wildman–Crippen LogP) is 2.72. The van der Waals surface area contributed by atoms with E-state index in [4.69, 9.17) is 0 Å². The number of hydrogen-bond acceptors (Lipinski definition) is 4. The van der Waals surface area contributed by atoms with E-state index >= 15 is 0 Å². The van der Waals surface area contributed by atoms with Gasteiger partial charge in [-0.05, 0) is 19.9 Å². The van der Waals surface area contributed by atoms with Gasteiger partial charge in [0.15, 0.2) is 0 Å². The zero-order chi connectivity index (χ0) is 16.5. The Labute approximate surface area is 131 Å². The highest BCUT2D eigenvalue weighted by Crippen LogP contribution is 2.19. The summed E-state index contributed by atoms with van der Waals surface area (Å²) in [4.78, 5) is 24.6. The van der Waals surface area contributed by atoms with Crippen molar-refractivity contribution in [2.45, 2.75) is 46.2 Å². The number of nitro benzene ring substituents is 1. The molecular formula is C16H25N3O3. The van der Waals surface area contributed by atoms with Gasteiger partial charge in [0.25, 0.3) is 5.69 Å². The Hall–Kier alpha value is -1.95. The Balaban J connectivity index is 2.66. The van der Waals surface area contributed by atoms with Gasteiger partial charge in [0.05, 0.1) is 11.5 Å². The van der Waals surface area contributed by atoms with E-state index in [9.17, 15) is 14.9 Å². The lowest BCUT2D eigenvalue weighted by Crippen LogP contribution is -2.40. The van der Waals surface area contributed by atoms with Crippen LogP contribution in [0.25, 0.3) is 0 Å². The number of nitrogens with one attached hydrogen (secondary N) is 1. The molecule has 0 aliphatic rings. The monoisotopic (exact) mass is 307 g/mol. The number of amides is 1. The van der Waals surface area contributed by atoms with Gasteiger partial charge in [-0.15, -0.1) is 0 Å². The highest BCUT2D eigenvalue weighted by Gasteiger charge is 2.17. The Morgan fingerprint density at radius 3 is 2.64 bits per heavy atom. The van der Waals surface area contributed by atoms with Gasteiger partial charge in [0, 0.05) is 24.2 Å². The molecule has 1 rings (SSSR count). The number of nitro groups is 1. The van der Waals surface area contributed by atoms with E-state index in [0.29, 0.717) is 18.7 Å². The number of hydrogen-bond donors (Lipinski definition) is 1. The number of para-hydroxylation sites is 1. The Morgan fingerprint density at radius 1 is 1.36 bits per heavy atom. The first kappa shape index (κ1) is 18.1. The van der Waals surface area contributed by atoms with Crippen LogP contribution in [0.1, 0.15) is 39.2 Å². The molecule has 1 N–H and O–H groups in total. The standard InChI is InChI=1S/C16H25N3O3/c1-4-8-13(3)17-16(20)12-18(5-2)11-14-9-6-7-10-15(14)19(21)22/h6-7,9-10,13H,4-5,8,11-12H2,1-3H3,(H,17,20)/t13-/m1/s1. The van der Waals surface area contributed by atoms with E-state index in [-0.39, 0.29) is 29.1 Å². The van der Waals surface area contributed by atoms with Crippen molar-refractivity contribution in [1.82, 2.24) is 10.2 Å². The number of nitrogens with zero attached hydrogens (tertiary/aromatic N) is 2. The molecule has 1 aromatic rings. The summed E-state index contributed by atoms with van der Waals surface area (Å²) in [7, 11) is 0. The molecule has 122 valence electrons. The molecule has 0 aromatic heterocycles. The summed E-state index contributed by atoms with van der Waals surface area (Å²) in [6, 6.07) is 6.81. The maximum absolute atomic E-state index is 12.0. The van der Waals surface area contributed by atoms with Crippen molar-refractivity contribution in [3.8, 4) is 0 Å². The van der Waals surface area contributed by atoms with Gasteiger partial charge < -0.3 is 5.32 Å². The van der Waals surface area contributed by atoms with Crippen molar-refractivity contribution in [2.24, 2.45) is 0 Å². The lowest BCUT2D eigenvalue weighted by atomic mass is 10.1. The van der Waals surface area contributed by atoms with Crippen molar-refractivity contribution in [1.29, 1.82) is 0 Å². The van der Waals surface area contributed by atoms with Crippen molar-refractivity contribution >= 4 is 11.6 Å². The zero-order valence-corrected chi connectivity index (χ0v) is 13.5. The number of rotatable bonds is 9. The molecule has 0 saturated heterocycles. The molecule has 1 amide bonds. The fourth-order valence-electron chi connectivity index (χ4n) is 2.37. The van der Waals surface area contributed by atoms with Crippen LogP contribution >= 0.6 is 0 Å². The smallest absolute Gasteiger partial charge is 0.273 e. The molecule has 0 bridgehead atoms. The molecule has 0 aliphatic carbocycles. The third-order valence-electron chi connectivity index (χ3n) is 3.53. The molecule has 0 heterocycles. The summed E-state index contributed by atoms with van der Waals surface area (Å²) in [5.41, 5.74) is 0.726. The predicted molar refractivity (Wildman–Crippen MR) is 86.6 cm³/mol. The molecule has 0 radical (unpaired) electrons. The van der Waals surface area contributed by atoms with Crippen LogP contribution < -0.4 is 5.32 Å². The number of carbonyl (C=O) groups excluding carboxylic acids is 1. The molecule has 1 atom stereocenters. The van der Waals surface area contributed by atoms with Gasteiger partial charge in [-0.1, -0.05) is 38.5 Å². The maximum Gasteiger partial charge on any atom is 0.273 e. The molecule has 0 fully saturated rings. The Morgan fingerprint density at radius 2 is 2.05 bits per heavy atom. The minimum atomic E-state index is -0.382. The van der Waals surface area contributed by atoms with Gasteiger partial charge in [-0.25, -0.2) is 0 Å². The maximum atomic E-state index is 12.0. The molecule has 1 aromatic carbocycles. The first-order valence-electron chi connectivity index (χ1n) is 7.71. The summed E-state index contributed by atoms with van der Waals surface area (Å²) in [5.74, 6) is -0.0404. The number of carbonyl (C=O) groups is 1. The molecule has 0 spiro atoms. The molecule has 6 heteroatoms. The lowest BCUT2D eigenvalue weighted by molar-refractivity contribution is -0.385. The van der Waals surface area contributed by atoms with E-state index in [1.165, 1.54) is 6.07 Å². The first-order valence-corrected chi connectivity index (χ1v) is 7.71. The third-order valence-corrected chi connectivity index (χ3v) is 3.53. The minimum Gasteiger partial charge on any atom is -0.353 e. The summed E-state index contributed by atoms with van der Waals surface area (Å²) in [6.07, 6.45) is 1.97. The largest absolute Gasteiger partial charge is 0.353 e. The van der Waals surface area contributed by atoms with Crippen LogP contribution in [0.5, 0.6) is 0 Å². The van der Waals surface area contributed by atoms with Crippen molar-refractivity contribution in [3.63, 3.8) is 0 Å². The normalized spacial score (nSPS) is 12.2. The second kappa shape index (κ2) is 9.15. The SMILES string of the molecule is CCC[C@@H](C)NC(=O)CN(CC)Cc1ccccc1[N+](=O)[O-]. The first-order chi connectivity index (χ1) is 10.5. The van der Waals surface area contributed by atoms with Gasteiger partial charge in [0.1, 0.15) is 0 Å². The van der Waals surface area contributed by atoms with E-state index in [1.54, 1.807) is 18.2 Å². The molecule has 22 heavy (non-hydrogen) atoms. The topological polar surface area (TPSA) is 75.5 Å². The van der Waals surface area contributed by atoms with Crippen LogP contribution in [0.2, 0.25) is 0 Å². The average molecular weight is 307 g/mol. The van der Waals surface area contributed by atoms with Crippen LogP contribution in [0.15, 0.2) is 24.3 Å². The number of likely N-dealkylation sites (N-methyl/N-ethyl adjacent to an activating group) is 1. The van der Waals surface area contributed by atoms with Crippen LogP contribution in [0, 0.1) is 10.1 Å². The summed E-state index contributed by atoms with van der Waals surface area (Å²) < 4.78 is 0. The van der Waals surface area contributed by atoms with Crippen molar-refractivity contribution in [3.05, 3.63) is 39.9 Å². The van der Waals surface area contributed by atoms with Crippen molar-refractivity contribution < 1.29 is 9.72 Å². The molecule has 6 nitrogen and oxygen atoms in total. The summed E-state index contributed by atoms with van der Waals surface area (Å²) in [5, 5.41) is 14.0. The van der Waals surface area contributed by atoms with E-state index < -0.39 is 0 Å². The van der Waals surface area contributed by atoms with Crippen LogP contribution in [-0.2, 0) is 11.3 Å². The van der Waals surface area contributed by atoms with Gasteiger partial charge >= 0.3 is 0 Å². The minimum absolute atomic E-state index is 0.0404. The highest BCUT2D eigenvalue weighted by molar-refractivity contribution is 5.78. The summed E-state index contributed by atoms with van der Waals surface area (Å²) in [6.45, 7) is 7.30. The van der Waals surface area contributed by atoms with E-state index in [1.807, 2.05) is 18.7 Å². The van der Waals surface area contributed by atoms with Gasteiger partial charge in [-0.3, -0.25) is 19.8 Å². The number of benzene rings is 1. The van der Waals surface area contributed by atoms with Crippen LogP contribution in [0.4, 0.5) is 5.69 Å². The lowest BCUT2D eigenvalue weighted by Gasteiger charge is -2.21. The molecule has 0 saturated carbocycles. The Kier molecular flexibility index (Phi) is 7.52. The second-order valence-electron chi connectivity index (χ2n) is 5.45. The van der Waals surface area contributed by atoms with Crippen LogP contribution in [-0.4, -0.2) is 34.9 Å². The zero-order valence-electron chi connectivity index (χ0n) is 13.5. The van der Waals surface area contributed by atoms with E-state index in [0.717, 1.165) is 12.8 Å². The second-order valence-corrected chi connectivity index (χ2v) is 5.45. The van der Waals surface area contributed by atoms with Gasteiger partial charge in [0.2, 0.25) is 5.91 Å². The van der Waals surface area contributed by atoms with Crippen LogP contribution in [0.3, 0.4) is 0 Å². The van der Waals surface area contributed by atoms with E-state index in [2.05, 4.69) is 12.2 Å². The molecule has 0 aliphatic heterocycles. The van der Waals surface area contributed by atoms with Crippen molar-refractivity contribution in [2.75, 3.05) is 13.1 Å². The molecular weight excluding hydrogens is 282 g/mol. The third kappa shape index (κ3) is 5.81. The average Bonchev–Trinajstić information content (AvgIpc) is 2.46. The quantitative estimate of drug-likeness (QED) is 0.562. The fraction of sp³-hybridized carbons (Fsp3) is 0.562. The highest BCUT2D eigenvalue weighted by atomic mass is 16.6. The molecule has 0 unspecified atom stereocenters.